The zero-order valence-electron chi connectivity index (χ0n) is 11.7. The van der Waals surface area contributed by atoms with Gasteiger partial charge in [0.25, 0.3) is 0 Å². The molecule has 1 saturated heterocycles. The molecule has 0 bridgehead atoms. The van der Waals surface area contributed by atoms with Crippen molar-refractivity contribution in [1.29, 1.82) is 0 Å². The fourth-order valence-electron chi connectivity index (χ4n) is 2.95. The van der Waals surface area contributed by atoms with E-state index >= 15 is 0 Å². The summed E-state index contributed by atoms with van der Waals surface area (Å²) in [7, 11) is 0. The van der Waals surface area contributed by atoms with Crippen molar-refractivity contribution in [3.05, 3.63) is 34.1 Å². The number of hydrogen-bond acceptors (Lipinski definition) is 2. The van der Waals surface area contributed by atoms with E-state index in [0.29, 0.717) is 4.47 Å². The number of nitrogens with one attached hydrogen (secondary N) is 1. The lowest BCUT2D eigenvalue weighted by Gasteiger charge is -2.47. The molecule has 19 heavy (non-hydrogen) atoms. The van der Waals surface area contributed by atoms with Gasteiger partial charge in [0.2, 0.25) is 0 Å². The first-order valence-corrected chi connectivity index (χ1v) is 7.81. The smallest absolute Gasteiger partial charge is 0.137 e. The molecule has 0 atom stereocenters. The molecule has 0 aliphatic carbocycles. The Bertz CT molecular complexity index is 432. The van der Waals surface area contributed by atoms with Gasteiger partial charge in [-0.2, -0.15) is 0 Å². The van der Waals surface area contributed by atoms with Gasteiger partial charge in [0.05, 0.1) is 4.47 Å². The monoisotopic (exact) mass is 328 g/mol. The highest BCUT2D eigenvalue weighted by Gasteiger charge is 2.35. The second kappa shape index (κ2) is 6.33. The Morgan fingerprint density at radius 3 is 2.79 bits per heavy atom. The van der Waals surface area contributed by atoms with E-state index in [2.05, 4.69) is 40.0 Å². The summed E-state index contributed by atoms with van der Waals surface area (Å²) >= 11 is 3.37. The zero-order chi connectivity index (χ0) is 13.9. The van der Waals surface area contributed by atoms with Crippen LogP contribution < -0.4 is 5.32 Å². The number of benzene rings is 1. The summed E-state index contributed by atoms with van der Waals surface area (Å²) < 4.78 is 14.2. The van der Waals surface area contributed by atoms with Crippen molar-refractivity contribution in [2.45, 2.75) is 38.8 Å². The van der Waals surface area contributed by atoms with Gasteiger partial charge < -0.3 is 5.32 Å². The van der Waals surface area contributed by atoms with Crippen LogP contribution in [0, 0.1) is 5.82 Å². The number of hydrogen-bond donors (Lipinski definition) is 1. The van der Waals surface area contributed by atoms with Crippen LogP contribution in [-0.2, 0) is 6.54 Å². The fourth-order valence-corrected chi connectivity index (χ4v) is 3.34. The van der Waals surface area contributed by atoms with Crippen molar-refractivity contribution in [1.82, 2.24) is 10.2 Å². The Morgan fingerprint density at radius 2 is 2.11 bits per heavy atom. The van der Waals surface area contributed by atoms with E-state index in [-0.39, 0.29) is 11.4 Å². The van der Waals surface area contributed by atoms with Crippen molar-refractivity contribution in [2.75, 3.05) is 19.6 Å². The van der Waals surface area contributed by atoms with Crippen molar-refractivity contribution >= 4 is 15.9 Å². The van der Waals surface area contributed by atoms with Crippen LogP contribution in [0.4, 0.5) is 4.39 Å². The maximum absolute atomic E-state index is 13.6. The first-order chi connectivity index (χ1) is 9.13. The van der Waals surface area contributed by atoms with Gasteiger partial charge in [0.1, 0.15) is 5.82 Å². The van der Waals surface area contributed by atoms with E-state index in [1.165, 1.54) is 6.07 Å². The van der Waals surface area contributed by atoms with Crippen LogP contribution in [0.3, 0.4) is 0 Å². The molecule has 0 aromatic heterocycles. The Kier molecular flexibility index (Phi) is 4.98. The van der Waals surface area contributed by atoms with Crippen LogP contribution in [0.1, 0.15) is 32.3 Å². The summed E-state index contributed by atoms with van der Waals surface area (Å²) in [6, 6.07) is 5.29. The summed E-state index contributed by atoms with van der Waals surface area (Å²) in [5, 5.41) is 3.49. The van der Waals surface area contributed by atoms with Crippen molar-refractivity contribution in [3.63, 3.8) is 0 Å². The SMILES string of the molecule is CCC1(CC)CNCCN1Cc1cccc(F)c1Br. The summed E-state index contributed by atoms with van der Waals surface area (Å²) in [5.41, 5.74) is 1.23. The first-order valence-electron chi connectivity index (χ1n) is 7.01. The fraction of sp³-hybridized carbons (Fsp3) is 0.600. The van der Waals surface area contributed by atoms with Gasteiger partial charge in [0, 0.05) is 31.7 Å². The summed E-state index contributed by atoms with van der Waals surface area (Å²) in [5.74, 6) is -0.175. The third-order valence-corrected chi connectivity index (χ3v) is 5.28. The minimum atomic E-state index is -0.175. The van der Waals surface area contributed by atoms with Gasteiger partial charge >= 0.3 is 0 Å². The maximum atomic E-state index is 13.6. The molecule has 0 unspecified atom stereocenters. The van der Waals surface area contributed by atoms with Crippen LogP contribution >= 0.6 is 15.9 Å². The number of rotatable bonds is 4. The minimum absolute atomic E-state index is 0.175. The standard InChI is InChI=1S/C15H22BrFN2/c1-3-15(4-2)11-18-8-9-19(15)10-12-6-5-7-13(17)14(12)16/h5-7,18H,3-4,8-11H2,1-2H3. The number of halogens is 2. The van der Waals surface area contributed by atoms with Crippen LogP contribution in [0.2, 0.25) is 0 Å². The number of piperazine rings is 1. The van der Waals surface area contributed by atoms with Crippen LogP contribution in [0.5, 0.6) is 0 Å². The second-order valence-corrected chi connectivity index (χ2v) is 6.04. The predicted octanol–water partition coefficient (Wildman–Crippen LogP) is 3.55. The van der Waals surface area contributed by atoms with E-state index in [1.54, 1.807) is 6.07 Å². The molecular formula is C15H22BrFN2. The average molecular weight is 329 g/mol. The van der Waals surface area contributed by atoms with Crippen molar-refractivity contribution in [2.24, 2.45) is 0 Å². The van der Waals surface area contributed by atoms with E-state index in [4.69, 9.17) is 0 Å². The van der Waals surface area contributed by atoms with Gasteiger partial charge in [-0.3, -0.25) is 4.90 Å². The topological polar surface area (TPSA) is 15.3 Å². The van der Waals surface area contributed by atoms with Crippen molar-refractivity contribution < 1.29 is 4.39 Å². The third kappa shape index (κ3) is 3.01. The lowest BCUT2D eigenvalue weighted by atomic mass is 9.88. The molecular weight excluding hydrogens is 307 g/mol. The van der Waals surface area contributed by atoms with E-state index in [1.807, 2.05) is 6.07 Å². The quantitative estimate of drug-likeness (QED) is 0.909. The third-order valence-electron chi connectivity index (χ3n) is 4.39. The van der Waals surface area contributed by atoms with E-state index in [0.717, 1.165) is 44.6 Å². The molecule has 1 aromatic carbocycles. The Labute approximate surface area is 123 Å². The highest BCUT2D eigenvalue weighted by Crippen LogP contribution is 2.29. The number of nitrogens with zero attached hydrogens (tertiary/aromatic N) is 1. The predicted molar refractivity (Wildman–Crippen MR) is 80.7 cm³/mol. The summed E-state index contributed by atoms with van der Waals surface area (Å²) in [4.78, 5) is 2.50. The molecule has 1 N–H and O–H groups in total. The van der Waals surface area contributed by atoms with Gasteiger partial charge in [-0.1, -0.05) is 26.0 Å². The molecule has 1 aliphatic heterocycles. The first kappa shape index (κ1) is 14.9. The van der Waals surface area contributed by atoms with Gasteiger partial charge in [-0.05, 0) is 40.4 Å². The van der Waals surface area contributed by atoms with E-state index < -0.39 is 0 Å². The minimum Gasteiger partial charge on any atom is -0.314 e. The molecule has 0 spiro atoms. The largest absolute Gasteiger partial charge is 0.314 e. The average Bonchev–Trinajstić information content (AvgIpc) is 2.44. The molecule has 1 aromatic rings. The van der Waals surface area contributed by atoms with Crippen LogP contribution in [0.15, 0.2) is 22.7 Å². The maximum Gasteiger partial charge on any atom is 0.137 e. The molecule has 1 heterocycles. The zero-order valence-corrected chi connectivity index (χ0v) is 13.3. The highest BCUT2D eigenvalue weighted by molar-refractivity contribution is 9.10. The lowest BCUT2D eigenvalue weighted by molar-refractivity contribution is 0.0445. The van der Waals surface area contributed by atoms with Crippen LogP contribution in [0.25, 0.3) is 0 Å². The molecule has 0 amide bonds. The second-order valence-electron chi connectivity index (χ2n) is 5.24. The molecule has 1 aliphatic rings. The summed E-state index contributed by atoms with van der Waals surface area (Å²) in [6.45, 7) is 8.34. The Balaban J connectivity index is 2.22. The van der Waals surface area contributed by atoms with Gasteiger partial charge in [-0.25, -0.2) is 4.39 Å². The highest BCUT2D eigenvalue weighted by atomic mass is 79.9. The molecule has 106 valence electrons. The molecule has 1 fully saturated rings. The molecule has 2 rings (SSSR count). The molecule has 0 saturated carbocycles. The molecule has 0 radical (unpaired) electrons. The van der Waals surface area contributed by atoms with Gasteiger partial charge in [-0.15, -0.1) is 0 Å². The normalized spacial score (nSPS) is 19.6. The van der Waals surface area contributed by atoms with E-state index in [9.17, 15) is 4.39 Å². The van der Waals surface area contributed by atoms with Crippen molar-refractivity contribution in [3.8, 4) is 0 Å². The molecule has 4 heteroatoms. The Morgan fingerprint density at radius 1 is 1.37 bits per heavy atom. The Hall–Kier alpha value is -0.450. The van der Waals surface area contributed by atoms with Crippen LogP contribution in [-0.4, -0.2) is 30.1 Å². The molecule has 2 nitrogen and oxygen atoms in total. The van der Waals surface area contributed by atoms with Gasteiger partial charge in [0.15, 0.2) is 0 Å². The lowest BCUT2D eigenvalue weighted by Crippen LogP contribution is -2.60. The summed E-state index contributed by atoms with van der Waals surface area (Å²) in [6.07, 6.45) is 2.23.